The van der Waals surface area contributed by atoms with Crippen molar-refractivity contribution in [2.75, 3.05) is 6.61 Å². The van der Waals surface area contributed by atoms with Gasteiger partial charge >= 0.3 is 12.1 Å². The highest BCUT2D eigenvalue weighted by molar-refractivity contribution is 6.74. The van der Waals surface area contributed by atoms with Crippen LogP contribution in [0.3, 0.4) is 0 Å². The summed E-state index contributed by atoms with van der Waals surface area (Å²) in [6.07, 6.45) is -4.50. The molecule has 0 aromatic carbocycles. The van der Waals surface area contributed by atoms with Gasteiger partial charge in [-0.1, -0.05) is 34.6 Å². The Morgan fingerprint density at radius 1 is 1.11 bits per heavy atom. The van der Waals surface area contributed by atoms with Gasteiger partial charge in [0.2, 0.25) is 0 Å². The van der Waals surface area contributed by atoms with Crippen molar-refractivity contribution in [2.45, 2.75) is 83.9 Å². The van der Waals surface area contributed by atoms with Crippen LogP contribution in [-0.2, 0) is 14.0 Å². The number of alkyl halides is 3. The monoisotopic (exact) mass is 417 g/mol. The summed E-state index contributed by atoms with van der Waals surface area (Å²) in [6, 6.07) is -0.631. The van der Waals surface area contributed by atoms with E-state index >= 15 is 0 Å². The number of carboxylic acids is 1. The number of aliphatic carboxylic acids is 1. The Hall–Kier alpha value is -0.973. The fourth-order valence-corrected chi connectivity index (χ4v) is 2.70. The van der Waals surface area contributed by atoms with E-state index in [2.05, 4.69) is 33.9 Å². The van der Waals surface area contributed by atoms with Crippen LogP contribution in [0.25, 0.3) is 0 Å². The van der Waals surface area contributed by atoms with Crippen molar-refractivity contribution in [1.29, 1.82) is 0 Å². The Kier molecular flexibility index (Phi) is 10.4. The topological polar surface area (TPSA) is 110 Å². The summed E-state index contributed by atoms with van der Waals surface area (Å²) < 4.78 is 37.7. The maximum absolute atomic E-state index is 12.2. The molecule has 0 aromatic rings. The number of halogens is 3. The van der Waals surface area contributed by atoms with Crippen molar-refractivity contribution in [3.8, 4) is 0 Å². The van der Waals surface area contributed by atoms with Crippen LogP contribution in [0, 0.1) is 5.92 Å². The van der Waals surface area contributed by atoms with Crippen LogP contribution in [0.1, 0.15) is 48.0 Å². The van der Waals surface area contributed by atoms with Gasteiger partial charge in [-0.15, -0.1) is 0 Å². The number of rotatable bonds is 7. The molecule has 27 heavy (non-hydrogen) atoms. The van der Waals surface area contributed by atoms with Crippen molar-refractivity contribution >= 4 is 20.1 Å². The van der Waals surface area contributed by atoms with Gasteiger partial charge in [-0.25, -0.2) is 4.79 Å². The summed E-state index contributed by atoms with van der Waals surface area (Å²) in [4.78, 5) is 21.1. The molecule has 0 radical (unpaired) electrons. The predicted octanol–water partition coefficient (Wildman–Crippen LogP) is 3.34. The Labute approximate surface area is 160 Å². The smallest absolute Gasteiger partial charge is 0.475 e. The number of hydrogen-bond acceptors (Lipinski definition) is 5. The first kappa shape index (κ1) is 28.2. The van der Waals surface area contributed by atoms with E-state index in [1.807, 2.05) is 13.8 Å². The van der Waals surface area contributed by atoms with Crippen molar-refractivity contribution in [2.24, 2.45) is 11.7 Å². The second-order valence-corrected chi connectivity index (χ2v) is 13.5. The van der Waals surface area contributed by atoms with E-state index in [0.29, 0.717) is 12.3 Å². The fourth-order valence-electron chi connectivity index (χ4n) is 1.62. The first-order chi connectivity index (χ1) is 11.6. The van der Waals surface area contributed by atoms with E-state index in [1.54, 1.807) is 0 Å². The van der Waals surface area contributed by atoms with E-state index in [-0.39, 0.29) is 17.4 Å². The summed E-state index contributed by atoms with van der Waals surface area (Å²) in [5, 5.41) is 17.5. The Morgan fingerprint density at radius 3 is 1.74 bits per heavy atom. The Balaban J connectivity index is 0. The van der Waals surface area contributed by atoms with Gasteiger partial charge in [-0.2, -0.15) is 13.2 Å². The molecule has 6 nitrogen and oxygen atoms in total. The molecule has 4 N–H and O–H groups in total. The average molecular weight is 418 g/mol. The molecule has 0 rings (SSSR count). The van der Waals surface area contributed by atoms with Gasteiger partial charge in [0.15, 0.2) is 14.1 Å². The lowest BCUT2D eigenvalue weighted by molar-refractivity contribution is -0.192. The summed E-state index contributed by atoms with van der Waals surface area (Å²) in [7, 11) is -1.98. The molecule has 0 spiro atoms. The van der Waals surface area contributed by atoms with Crippen molar-refractivity contribution in [3.05, 3.63) is 0 Å². The largest absolute Gasteiger partial charge is 0.490 e. The van der Waals surface area contributed by atoms with Crippen LogP contribution in [0.2, 0.25) is 18.1 Å². The fraction of sp³-hybridized carbons (Fsp3) is 0.882. The molecule has 2 atom stereocenters. The number of hydrogen-bond donors (Lipinski definition) is 3. The van der Waals surface area contributed by atoms with Crippen molar-refractivity contribution in [1.82, 2.24) is 0 Å². The minimum Gasteiger partial charge on any atom is -0.475 e. The number of aliphatic hydroxyl groups is 1. The molecule has 0 aromatic heterocycles. The van der Waals surface area contributed by atoms with Gasteiger partial charge in [0.05, 0.1) is 12.6 Å². The number of ketones is 1. The lowest BCUT2D eigenvalue weighted by Gasteiger charge is -2.38. The predicted molar refractivity (Wildman–Crippen MR) is 99.9 cm³/mol. The molecule has 0 bridgehead atoms. The van der Waals surface area contributed by atoms with Gasteiger partial charge in [0.25, 0.3) is 0 Å². The molecular weight excluding hydrogens is 383 g/mol. The highest BCUT2D eigenvalue weighted by atomic mass is 28.4. The first-order valence-electron chi connectivity index (χ1n) is 8.61. The molecule has 0 aliphatic carbocycles. The van der Waals surface area contributed by atoms with Gasteiger partial charge in [-0.3, -0.25) is 4.79 Å². The molecule has 0 aliphatic heterocycles. The number of Topliss-reactive ketones (excluding diaryl/α,β-unsaturated/α-hetero) is 1. The quantitative estimate of drug-likeness (QED) is 0.548. The molecular formula is C17H34F3NO5Si. The third-order valence-corrected chi connectivity index (χ3v) is 8.83. The summed E-state index contributed by atoms with van der Waals surface area (Å²) >= 11 is 0. The zero-order valence-corrected chi connectivity index (χ0v) is 18.4. The zero-order valence-electron chi connectivity index (χ0n) is 17.4. The molecule has 0 saturated heterocycles. The second-order valence-electron chi connectivity index (χ2n) is 8.73. The number of carbonyl (C=O) groups excluding carboxylic acids is 1. The third kappa shape index (κ3) is 10.8. The van der Waals surface area contributed by atoms with Gasteiger partial charge < -0.3 is 20.4 Å². The summed E-state index contributed by atoms with van der Waals surface area (Å²) in [5.41, 5.74) is 4.37. The minimum absolute atomic E-state index is 0.0219. The molecule has 162 valence electrons. The van der Waals surface area contributed by atoms with E-state index < -0.39 is 32.1 Å². The molecule has 0 amide bonds. The van der Waals surface area contributed by atoms with Crippen LogP contribution >= 0.6 is 0 Å². The minimum atomic E-state index is -5.08. The molecule has 0 fully saturated rings. The van der Waals surface area contributed by atoms with Crippen LogP contribution in [-0.4, -0.2) is 54.7 Å². The van der Waals surface area contributed by atoms with Crippen LogP contribution < -0.4 is 5.73 Å². The van der Waals surface area contributed by atoms with Crippen LogP contribution in [0.4, 0.5) is 13.2 Å². The lowest BCUT2D eigenvalue weighted by atomic mass is 9.91. The SMILES string of the molecule is CC(C)C[C@H](N)C(=O)[C@](C)(O)CO[Si](C)(C)C(C)(C)C.O=C(O)C(F)(F)F. The van der Waals surface area contributed by atoms with Gasteiger partial charge in [0.1, 0.15) is 5.60 Å². The summed E-state index contributed by atoms with van der Waals surface area (Å²) in [5.74, 6) is -2.76. The maximum atomic E-state index is 12.2. The molecule has 0 heterocycles. The summed E-state index contributed by atoms with van der Waals surface area (Å²) in [6.45, 7) is 16.1. The standard InChI is InChI=1S/C15H33NO3Si.C2HF3O2/c1-11(2)9-12(16)13(17)15(6,18)10-19-20(7,8)14(3,4)5;3-2(4,5)1(6)7/h11-12,18H,9-10,16H2,1-8H3;(H,6,7)/t12-,15+;/m0./s1. The van der Waals surface area contributed by atoms with E-state index in [9.17, 15) is 23.1 Å². The third-order valence-electron chi connectivity index (χ3n) is 4.36. The van der Waals surface area contributed by atoms with E-state index in [4.69, 9.17) is 20.1 Å². The molecule has 0 unspecified atom stereocenters. The normalized spacial score (nSPS) is 16.2. The van der Waals surface area contributed by atoms with Crippen LogP contribution in [0.15, 0.2) is 0 Å². The highest BCUT2D eigenvalue weighted by Crippen LogP contribution is 2.37. The van der Waals surface area contributed by atoms with Crippen molar-refractivity contribution in [3.63, 3.8) is 0 Å². The number of carbonyl (C=O) groups is 2. The molecule has 0 saturated carbocycles. The lowest BCUT2D eigenvalue weighted by Crippen LogP contribution is -2.53. The maximum Gasteiger partial charge on any atom is 0.490 e. The highest BCUT2D eigenvalue weighted by Gasteiger charge is 2.41. The average Bonchev–Trinajstić information content (AvgIpc) is 2.42. The van der Waals surface area contributed by atoms with Gasteiger partial charge in [0, 0.05) is 0 Å². The van der Waals surface area contributed by atoms with Crippen LogP contribution in [0.5, 0.6) is 0 Å². The number of carboxylic acid groups (broad SMARTS) is 1. The Morgan fingerprint density at radius 2 is 1.48 bits per heavy atom. The molecule has 0 aliphatic rings. The van der Waals surface area contributed by atoms with E-state index in [0.717, 1.165) is 0 Å². The molecule has 10 heteroatoms. The first-order valence-corrected chi connectivity index (χ1v) is 11.5. The Bertz CT molecular complexity index is 500. The second kappa shape index (κ2) is 9.99. The zero-order chi connectivity index (χ0) is 22.4. The number of nitrogens with two attached hydrogens (primary N) is 1. The van der Waals surface area contributed by atoms with Gasteiger partial charge in [-0.05, 0) is 37.4 Å². The van der Waals surface area contributed by atoms with Crippen molar-refractivity contribution < 1.29 is 37.4 Å². The van der Waals surface area contributed by atoms with E-state index in [1.165, 1.54) is 6.92 Å².